The lowest BCUT2D eigenvalue weighted by Crippen LogP contribution is -2.41. The molecule has 13 nitrogen and oxygen atoms in total. The van der Waals surface area contributed by atoms with Gasteiger partial charge >= 0.3 is 5.69 Å². The second kappa shape index (κ2) is 17.5. The Morgan fingerprint density at radius 3 is 1.84 bits per heavy atom. The van der Waals surface area contributed by atoms with Crippen molar-refractivity contribution in [1.29, 1.82) is 0 Å². The minimum atomic E-state index is -1.23. The van der Waals surface area contributed by atoms with Crippen LogP contribution in [0.3, 0.4) is 0 Å². The van der Waals surface area contributed by atoms with Gasteiger partial charge in [-0.2, -0.15) is 0 Å². The number of aromatic amines is 1. The van der Waals surface area contributed by atoms with Crippen LogP contribution in [0.25, 0.3) is 0 Å². The van der Waals surface area contributed by atoms with E-state index in [1.165, 1.54) is 21.7 Å². The van der Waals surface area contributed by atoms with E-state index >= 15 is 0 Å². The van der Waals surface area contributed by atoms with E-state index < -0.39 is 41.4 Å². The highest BCUT2D eigenvalue weighted by Gasteiger charge is 2.48. The number of aliphatic hydroxyl groups is 1. The second-order valence-corrected chi connectivity index (χ2v) is 13.9. The standard InChI is InChI=1S/C44H45N3O10/c1-53-32-20-16-30(17-21-32)44(29-12-6-5-7-13-29,31-18-22-33(54-2)23-19-31)56-28-36-38(49)39(42(57-36)47-26-24-37(48)45-43(47)52)55-27-11-4-3-10-25-46-40(50)34-14-8-9-15-35(34)41(46)51/h5-9,12-24,26,36,38-39,42,49H,3-4,10-11,25,27-28H2,1-2H3,(H,45,48,52)/t36-,38+,39?,42-/m1/s1. The summed E-state index contributed by atoms with van der Waals surface area (Å²) in [6, 6.07) is 32.9. The third kappa shape index (κ3) is 8.05. The molecule has 1 aromatic heterocycles. The molecule has 1 fully saturated rings. The molecule has 2 N–H and O–H groups in total. The molecule has 5 aromatic rings. The number of imide groups is 1. The molecule has 2 aliphatic rings. The molecule has 1 saturated heterocycles. The first-order valence-corrected chi connectivity index (χ1v) is 19.0. The van der Waals surface area contributed by atoms with Gasteiger partial charge < -0.3 is 28.8 Å². The number of unbranched alkanes of at least 4 members (excludes halogenated alkanes) is 3. The number of carbonyl (C=O) groups excluding carboxylic acids is 2. The van der Waals surface area contributed by atoms with Crippen molar-refractivity contribution in [2.45, 2.75) is 55.8 Å². The van der Waals surface area contributed by atoms with Crippen molar-refractivity contribution in [3.05, 3.63) is 164 Å². The van der Waals surface area contributed by atoms with Crippen molar-refractivity contribution in [1.82, 2.24) is 14.5 Å². The lowest BCUT2D eigenvalue weighted by atomic mass is 9.80. The number of hydrogen-bond donors (Lipinski definition) is 2. The Kier molecular flexibility index (Phi) is 12.1. The highest BCUT2D eigenvalue weighted by atomic mass is 16.6. The van der Waals surface area contributed by atoms with E-state index in [0.717, 1.165) is 29.5 Å². The summed E-state index contributed by atoms with van der Waals surface area (Å²) in [4.78, 5) is 54.0. The maximum absolute atomic E-state index is 13.0. The number of fused-ring (bicyclic) bond motifs is 1. The van der Waals surface area contributed by atoms with Gasteiger partial charge in [-0.15, -0.1) is 0 Å². The van der Waals surface area contributed by atoms with E-state index in [4.69, 9.17) is 23.7 Å². The van der Waals surface area contributed by atoms with E-state index in [9.17, 15) is 24.3 Å². The number of nitrogens with zero attached hydrogens (tertiary/aromatic N) is 2. The zero-order valence-electron chi connectivity index (χ0n) is 31.7. The highest BCUT2D eigenvalue weighted by Crippen LogP contribution is 2.43. The number of nitrogens with one attached hydrogen (secondary N) is 1. The Morgan fingerprint density at radius 1 is 0.702 bits per heavy atom. The second-order valence-electron chi connectivity index (χ2n) is 13.9. The predicted molar refractivity (Wildman–Crippen MR) is 210 cm³/mol. The van der Waals surface area contributed by atoms with Crippen LogP contribution in [0.4, 0.5) is 0 Å². The van der Waals surface area contributed by atoms with Gasteiger partial charge in [0.2, 0.25) is 0 Å². The molecule has 7 rings (SSSR count). The van der Waals surface area contributed by atoms with E-state index in [0.29, 0.717) is 42.0 Å². The quantitative estimate of drug-likeness (QED) is 0.0743. The Morgan fingerprint density at radius 2 is 1.26 bits per heavy atom. The summed E-state index contributed by atoms with van der Waals surface area (Å²) in [5.74, 6) is 0.791. The molecule has 296 valence electrons. The molecule has 0 aliphatic carbocycles. The lowest BCUT2D eigenvalue weighted by molar-refractivity contribution is -0.0982. The van der Waals surface area contributed by atoms with Crippen molar-refractivity contribution >= 4 is 11.8 Å². The maximum atomic E-state index is 13.0. The van der Waals surface area contributed by atoms with Crippen LogP contribution in [0, 0.1) is 0 Å². The van der Waals surface area contributed by atoms with Crippen LogP contribution in [0.15, 0.2) is 125 Å². The molecule has 3 heterocycles. The van der Waals surface area contributed by atoms with Gasteiger partial charge in [0.25, 0.3) is 17.4 Å². The van der Waals surface area contributed by atoms with E-state index in [1.807, 2.05) is 78.9 Å². The summed E-state index contributed by atoms with van der Waals surface area (Å²) >= 11 is 0. The number of amides is 2. The van der Waals surface area contributed by atoms with Crippen LogP contribution in [-0.2, 0) is 19.8 Å². The van der Waals surface area contributed by atoms with Crippen LogP contribution in [-0.4, -0.2) is 83.7 Å². The monoisotopic (exact) mass is 775 g/mol. The highest BCUT2D eigenvalue weighted by molar-refractivity contribution is 6.21. The molecule has 1 unspecified atom stereocenters. The molecule has 4 atom stereocenters. The minimum Gasteiger partial charge on any atom is -0.497 e. The number of aliphatic hydroxyl groups excluding tert-OH is 1. The number of carbonyl (C=O) groups is 2. The fraction of sp³-hybridized carbons (Fsp3) is 0.318. The SMILES string of the molecule is COc1ccc(C(OC[C@H]2O[C@@H](n3ccc(=O)[nH]c3=O)C(OCCCCCCN3C(=O)c4ccccc4C3=O)[C@H]2O)(c2ccccc2)c2ccc(OC)cc2)cc1. The summed E-state index contributed by atoms with van der Waals surface area (Å²) in [6.07, 6.45) is -0.258. The molecule has 0 saturated carbocycles. The van der Waals surface area contributed by atoms with Crippen molar-refractivity contribution in [3.63, 3.8) is 0 Å². The Balaban J connectivity index is 1.08. The lowest BCUT2D eigenvalue weighted by Gasteiger charge is -2.37. The van der Waals surface area contributed by atoms with Crippen molar-refractivity contribution in [2.24, 2.45) is 0 Å². The number of aromatic nitrogens is 2. The average Bonchev–Trinajstić information content (AvgIpc) is 3.68. The fourth-order valence-electron chi connectivity index (χ4n) is 7.56. The molecular formula is C44H45N3O10. The summed E-state index contributed by atoms with van der Waals surface area (Å²) < 4.78 is 31.8. The normalized spacial score (nSPS) is 19.2. The fourth-order valence-corrected chi connectivity index (χ4v) is 7.56. The number of hydrogen-bond acceptors (Lipinski definition) is 10. The predicted octanol–water partition coefficient (Wildman–Crippen LogP) is 5.06. The molecular weight excluding hydrogens is 730 g/mol. The molecule has 57 heavy (non-hydrogen) atoms. The topological polar surface area (TPSA) is 159 Å². The first kappa shape index (κ1) is 39.4. The van der Waals surface area contributed by atoms with Crippen molar-refractivity contribution < 1.29 is 38.4 Å². The molecule has 0 spiro atoms. The third-order valence-corrected chi connectivity index (χ3v) is 10.5. The molecule has 0 radical (unpaired) electrons. The van der Waals surface area contributed by atoms with E-state index in [1.54, 1.807) is 38.5 Å². The van der Waals surface area contributed by atoms with Crippen LogP contribution in [0.1, 0.15) is 69.3 Å². The summed E-state index contributed by atoms with van der Waals surface area (Å²) in [7, 11) is 3.20. The third-order valence-electron chi connectivity index (χ3n) is 10.5. The molecule has 13 heteroatoms. The van der Waals surface area contributed by atoms with Crippen LogP contribution < -0.4 is 20.7 Å². The van der Waals surface area contributed by atoms with Gasteiger partial charge in [0, 0.05) is 25.4 Å². The number of ether oxygens (including phenoxy) is 5. The van der Waals surface area contributed by atoms with Gasteiger partial charge in [0.05, 0.1) is 32.0 Å². The van der Waals surface area contributed by atoms with E-state index in [-0.39, 0.29) is 25.0 Å². The number of rotatable bonds is 17. The molecule has 2 aliphatic heterocycles. The summed E-state index contributed by atoms with van der Waals surface area (Å²) in [6.45, 7) is 0.422. The molecule has 2 amide bonds. The van der Waals surface area contributed by atoms with Crippen LogP contribution >= 0.6 is 0 Å². The van der Waals surface area contributed by atoms with Crippen LogP contribution in [0.5, 0.6) is 11.5 Å². The zero-order valence-corrected chi connectivity index (χ0v) is 31.7. The molecule has 0 bridgehead atoms. The Hall–Kier alpha value is -5.86. The van der Waals surface area contributed by atoms with Gasteiger partial charge in [-0.05, 0) is 65.9 Å². The number of H-pyrrole nitrogens is 1. The zero-order chi connectivity index (χ0) is 39.9. The van der Waals surface area contributed by atoms with Gasteiger partial charge in [-0.3, -0.25) is 28.8 Å². The van der Waals surface area contributed by atoms with Crippen molar-refractivity contribution in [2.75, 3.05) is 34.0 Å². The smallest absolute Gasteiger partial charge is 0.330 e. The largest absolute Gasteiger partial charge is 0.497 e. The van der Waals surface area contributed by atoms with Gasteiger partial charge in [0.15, 0.2) is 6.23 Å². The summed E-state index contributed by atoms with van der Waals surface area (Å²) in [5.41, 5.74) is 0.780. The Bertz CT molecular complexity index is 2190. The number of benzene rings is 4. The van der Waals surface area contributed by atoms with Crippen LogP contribution in [0.2, 0.25) is 0 Å². The average molecular weight is 776 g/mol. The minimum absolute atomic E-state index is 0.125. The summed E-state index contributed by atoms with van der Waals surface area (Å²) in [5, 5.41) is 11.8. The van der Waals surface area contributed by atoms with Gasteiger partial charge in [-0.1, -0.05) is 79.6 Å². The van der Waals surface area contributed by atoms with Gasteiger partial charge in [-0.25, -0.2) is 4.79 Å². The maximum Gasteiger partial charge on any atom is 0.330 e. The molecule has 4 aromatic carbocycles. The first-order valence-electron chi connectivity index (χ1n) is 19.0. The Labute approximate surface area is 329 Å². The van der Waals surface area contributed by atoms with Crippen molar-refractivity contribution in [3.8, 4) is 11.5 Å². The number of methoxy groups -OCH3 is 2. The first-order chi connectivity index (χ1) is 27.7. The van der Waals surface area contributed by atoms with Gasteiger partial charge in [0.1, 0.15) is 35.4 Å². The van der Waals surface area contributed by atoms with E-state index in [2.05, 4.69) is 4.98 Å².